The fourth-order valence-electron chi connectivity index (χ4n) is 2.13. The summed E-state index contributed by atoms with van der Waals surface area (Å²) >= 11 is 0. The van der Waals surface area contributed by atoms with Crippen molar-refractivity contribution in [1.29, 1.82) is 0 Å². The van der Waals surface area contributed by atoms with Gasteiger partial charge in [-0.15, -0.1) is 0 Å². The summed E-state index contributed by atoms with van der Waals surface area (Å²) in [6, 6.07) is 0. The summed E-state index contributed by atoms with van der Waals surface area (Å²) in [7, 11) is 7.52. The Kier molecular flexibility index (Phi) is 3.63. The predicted octanol–water partition coefficient (Wildman–Crippen LogP) is 3.09. The fraction of sp³-hybridized carbons (Fsp3) is 0.667. The van der Waals surface area contributed by atoms with E-state index >= 15 is 0 Å². The third kappa shape index (κ3) is 2.12. The second-order valence-corrected chi connectivity index (χ2v) is 5.65. The highest BCUT2D eigenvalue weighted by atomic mass is 14.4. The first-order valence-electron chi connectivity index (χ1n) is 5.75. The Morgan fingerprint density at radius 2 is 1.93 bits per heavy atom. The highest BCUT2D eigenvalue weighted by Gasteiger charge is 2.43. The average molecular weight is 197 g/mol. The Morgan fingerprint density at radius 1 is 1.33 bits per heavy atom. The van der Waals surface area contributed by atoms with Gasteiger partial charge in [-0.05, 0) is 11.8 Å². The van der Waals surface area contributed by atoms with Crippen LogP contribution in [-0.4, -0.2) is 21.4 Å². The summed E-state index contributed by atoms with van der Waals surface area (Å²) in [5, 5.41) is 0.180. The van der Waals surface area contributed by atoms with Crippen LogP contribution in [0.5, 0.6) is 0 Å². The van der Waals surface area contributed by atoms with Crippen LogP contribution in [0.15, 0.2) is 23.8 Å². The summed E-state index contributed by atoms with van der Waals surface area (Å²) in [5.41, 5.74) is 1.70. The van der Waals surface area contributed by atoms with Gasteiger partial charge in [-0.1, -0.05) is 63.6 Å². The van der Waals surface area contributed by atoms with Gasteiger partial charge >= 0.3 is 0 Å². The SMILES string of the molecule is [B][B]B(C)C(C)(C)C(C)(C)C1=CC=CC1. The van der Waals surface area contributed by atoms with Crippen LogP contribution in [-0.2, 0) is 0 Å². The summed E-state index contributed by atoms with van der Waals surface area (Å²) in [6.45, 7) is 11.9. The molecule has 77 valence electrons. The number of allylic oxidation sites excluding steroid dienone is 4. The molecule has 0 unspecified atom stereocenters. The summed E-state index contributed by atoms with van der Waals surface area (Å²) < 4.78 is 0. The fourth-order valence-corrected chi connectivity index (χ4v) is 2.13. The van der Waals surface area contributed by atoms with Crippen molar-refractivity contribution in [2.45, 2.75) is 46.3 Å². The van der Waals surface area contributed by atoms with Gasteiger partial charge in [0.25, 0.3) is 0 Å². The predicted molar refractivity (Wildman–Crippen MR) is 72.8 cm³/mol. The van der Waals surface area contributed by atoms with E-state index in [-0.39, 0.29) is 10.7 Å². The average Bonchev–Trinajstić information content (AvgIpc) is 2.69. The highest BCUT2D eigenvalue weighted by Crippen LogP contribution is 2.53. The van der Waals surface area contributed by atoms with Gasteiger partial charge in [0.05, 0.1) is 6.60 Å². The molecule has 0 amide bonds. The van der Waals surface area contributed by atoms with Gasteiger partial charge in [0.1, 0.15) is 0 Å². The standard InChI is InChI=1S/C12H20B3/c1-11(2,10-8-6-7-9-10)12(3,4)15(5)14-13/h6-8H,9H2,1-5H3. The van der Waals surface area contributed by atoms with E-state index in [4.69, 9.17) is 7.74 Å². The molecule has 3 heteroatoms. The quantitative estimate of drug-likeness (QED) is 0.607. The molecule has 1 rings (SSSR count). The van der Waals surface area contributed by atoms with Crippen molar-refractivity contribution in [3.8, 4) is 0 Å². The van der Waals surface area contributed by atoms with E-state index in [1.54, 1.807) is 0 Å². The van der Waals surface area contributed by atoms with Crippen LogP contribution >= 0.6 is 0 Å². The molecule has 15 heavy (non-hydrogen) atoms. The van der Waals surface area contributed by atoms with Gasteiger partial charge in [-0.2, -0.15) is 0 Å². The zero-order valence-corrected chi connectivity index (χ0v) is 10.7. The molecule has 1 aliphatic carbocycles. The van der Waals surface area contributed by atoms with Crippen LogP contribution in [0.25, 0.3) is 0 Å². The second kappa shape index (κ2) is 4.27. The molecule has 0 nitrogen and oxygen atoms in total. The Hall–Kier alpha value is -0.325. The van der Waals surface area contributed by atoms with Crippen molar-refractivity contribution in [2.75, 3.05) is 0 Å². The molecular formula is C12H20B3. The molecule has 0 spiro atoms. The van der Waals surface area contributed by atoms with E-state index in [0.29, 0.717) is 6.60 Å². The molecule has 0 aromatic rings. The maximum atomic E-state index is 5.69. The third-order valence-electron chi connectivity index (χ3n) is 4.61. The first kappa shape index (κ1) is 12.7. The second-order valence-electron chi connectivity index (χ2n) is 5.65. The van der Waals surface area contributed by atoms with Crippen LogP contribution in [0.3, 0.4) is 0 Å². The summed E-state index contributed by atoms with van der Waals surface area (Å²) in [5.74, 6) is 0. The Balaban J connectivity index is 2.93. The van der Waals surface area contributed by atoms with Crippen molar-refractivity contribution in [3.05, 3.63) is 23.8 Å². The lowest BCUT2D eigenvalue weighted by Crippen LogP contribution is -2.43. The molecule has 1 aliphatic rings. The van der Waals surface area contributed by atoms with Crippen molar-refractivity contribution in [3.63, 3.8) is 0 Å². The topological polar surface area (TPSA) is 0 Å². The largest absolute Gasteiger partial charge is 0.0951 e. The molecule has 0 heterocycles. The van der Waals surface area contributed by atoms with Gasteiger partial charge in [-0.3, -0.25) is 0 Å². The Labute approximate surface area is 97.3 Å². The normalized spacial score (nSPS) is 16.5. The Bertz CT molecular complexity index is 287. The molecule has 0 aromatic heterocycles. The molecule has 0 fully saturated rings. The molecule has 0 saturated carbocycles. The van der Waals surface area contributed by atoms with E-state index in [9.17, 15) is 0 Å². The summed E-state index contributed by atoms with van der Waals surface area (Å²) in [4.78, 5) is 0. The van der Waals surface area contributed by atoms with Gasteiger partial charge in [0.15, 0.2) is 0 Å². The Morgan fingerprint density at radius 3 is 2.33 bits per heavy atom. The lowest BCUT2D eigenvalue weighted by atomic mass is 9.06. The van der Waals surface area contributed by atoms with Crippen LogP contribution in [0, 0.1) is 5.41 Å². The van der Waals surface area contributed by atoms with Crippen molar-refractivity contribution in [2.24, 2.45) is 5.41 Å². The summed E-state index contributed by atoms with van der Waals surface area (Å²) in [6.07, 6.45) is 7.73. The highest BCUT2D eigenvalue weighted by molar-refractivity contribution is 7.31. The minimum Gasteiger partial charge on any atom is -0.0927 e. The van der Waals surface area contributed by atoms with Gasteiger partial charge in [-0.25, -0.2) is 0 Å². The molecule has 0 bridgehead atoms. The van der Waals surface area contributed by atoms with E-state index < -0.39 is 0 Å². The van der Waals surface area contributed by atoms with Crippen molar-refractivity contribution < 1.29 is 0 Å². The number of hydrogen-bond donors (Lipinski definition) is 0. The van der Waals surface area contributed by atoms with Crippen molar-refractivity contribution in [1.82, 2.24) is 0 Å². The minimum atomic E-state index is 0.180. The molecule has 0 N–H and O–H groups in total. The van der Waals surface area contributed by atoms with Crippen molar-refractivity contribution >= 4 is 21.4 Å². The van der Waals surface area contributed by atoms with Crippen LogP contribution in [0.1, 0.15) is 34.1 Å². The van der Waals surface area contributed by atoms with Crippen LogP contribution in [0.2, 0.25) is 12.1 Å². The molecular weight excluding hydrogens is 177 g/mol. The van der Waals surface area contributed by atoms with Gasteiger partial charge in [0, 0.05) is 14.8 Å². The van der Waals surface area contributed by atoms with Gasteiger partial charge < -0.3 is 0 Å². The maximum Gasteiger partial charge on any atom is 0.0951 e. The third-order valence-corrected chi connectivity index (χ3v) is 4.61. The smallest absolute Gasteiger partial charge is 0.0927 e. The first-order chi connectivity index (χ1) is 6.84. The monoisotopic (exact) mass is 197 g/mol. The molecule has 0 atom stereocenters. The van der Waals surface area contributed by atoms with Crippen LogP contribution < -0.4 is 0 Å². The van der Waals surface area contributed by atoms with Crippen LogP contribution in [0.4, 0.5) is 0 Å². The zero-order chi connectivity index (χ0) is 11.7. The molecule has 0 saturated heterocycles. The first-order valence-corrected chi connectivity index (χ1v) is 5.75. The molecule has 0 aliphatic heterocycles. The van der Waals surface area contributed by atoms with Gasteiger partial charge in [0.2, 0.25) is 0 Å². The lowest BCUT2D eigenvalue weighted by Gasteiger charge is -2.46. The minimum absolute atomic E-state index is 0.180. The van der Waals surface area contributed by atoms with E-state index in [2.05, 4.69) is 52.7 Å². The number of rotatable bonds is 4. The lowest BCUT2D eigenvalue weighted by molar-refractivity contribution is 0.320. The van der Waals surface area contributed by atoms with E-state index in [1.807, 2.05) is 7.06 Å². The molecule has 3 radical (unpaired) electrons. The zero-order valence-electron chi connectivity index (χ0n) is 10.7. The maximum absolute atomic E-state index is 5.69. The number of hydrogen-bond acceptors (Lipinski definition) is 0. The molecule has 0 aromatic carbocycles. The van der Waals surface area contributed by atoms with E-state index in [0.717, 1.165) is 6.42 Å². The van der Waals surface area contributed by atoms with E-state index in [1.165, 1.54) is 5.57 Å².